The molecule has 0 bridgehead atoms. The molecule has 9 nitrogen and oxygen atoms in total. The van der Waals surface area contributed by atoms with Crippen LogP contribution in [-0.4, -0.2) is 71.0 Å². The van der Waals surface area contributed by atoms with Crippen molar-refractivity contribution in [2.75, 3.05) is 45.3 Å². The highest BCUT2D eigenvalue weighted by atomic mass is 35.5. The Morgan fingerprint density at radius 3 is 2.35 bits per heavy atom. The number of carbonyl (C=O) groups excluding carboxylic acids is 1. The van der Waals surface area contributed by atoms with Crippen LogP contribution in [0.15, 0.2) is 55.0 Å². The summed E-state index contributed by atoms with van der Waals surface area (Å²) in [4.78, 5) is 26.2. The topological polar surface area (TPSA) is 85.6 Å². The van der Waals surface area contributed by atoms with Crippen LogP contribution in [0.5, 0.6) is 11.5 Å². The van der Waals surface area contributed by atoms with Crippen molar-refractivity contribution in [3.8, 4) is 17.2 Å². The first-order valence-electron chi connectivity index (χ1n) is 10.8. The Hall–Kier alpha value is -3.85. The summed E-state index contributed by atoms with van der Waals surface area (Å²) in [6.07, 6.45) is 3.31. The zero-order chi connectivity index (χ0) is 23.7. The van der Waals surface area contributed by atoms with Crippen LogP contribution in [0.2, 0.25) is 5.02 Å². The van der Waals surface area contributed by atoms with E-state index in [9.17, 15) is 4.79 Å². The van der Waals surface area contributed by atoms with Crippen molar-refractivity contribution in [2.45, 2.75) is 0 Å². The average molecular weight is 479 g/mol. The summed E-state index contributed by atoms with van der Waals surface area (Å²) in [5.41, 5.74) is 1.96. The van der Waals surface area contributed by atoms with Crippen LogP contribution in [0, 0.1) is 0 Å². The molecule has 0 unspecified atom stereocenters. The van der Waals surface area contributed by atoms with Gasteiger partial charge in [-0.3, -0.25) is 4.79 Å². The van der Waals surface area contributed by atoms with E-state index in [1.807, 2.05) is 29.2 Å². The lowest BCUT2D eigenvalue weighted by Gasteiger charge is -2.35. The fourth-order valence-electron chi connectivity index (χ4n) is 4.22. The standard InChI is InChI=1S/C24H23ClN6O3/c1-33-19-7-4-8-20(34-2)21(19)24(32)30-11-9-29(10-12-30)22-18-14-28-31(23(18)27-15-26-22)17-6-3-5-16(25)13-17/h3-8,13-15H,9-12H2,1-2H3. The normalized spacial score (nSPS) is 13.9. The number of hydrogen-bond donors (Lipinski definition) is 0. The molecule has 2 aromatic heterocycles. The number of halogens is 1. The van der Waals surface area contributed by atoms with Crippen LogP contribution in [-0.2, 0) is 0 Å². The Morgan fingerprint density at radius 1 is 0.971 bits per heavy atom. The summed E-state index contributed by atoms with van der Waals surface area (Å²) in [5.74, 6) is 1.67. The zero-order valence-corrected chi connectivity index (χ0v) is 19.6. The number of aromatic nitrogens is 4. The van der Waals surface area contributed by atoms with Gasteiger partial charge in [-0.25, -0.2) is 14.6 Å². The van der Waals surface area contributed by atoms with E-state index in [2.05, 4.69) is 20.0 Å². The number of fused-ring (bicyclic) bond motifs is 1. The van der Waals surface area contributed by atoms with E-state index in [0.717, 1.165) is 16.9 Å². The second-order valence-electron chi connectivity index (χ2n) is 7.79. The van der Waals surface area contributed by atoms with Gasteiger partial charge in [0.1, 0.15) is 29.2 Å². The summed E-state index contributed by atoms with van der Waals surface area (Å²) in [6, 6.07) is 12.8. The number of ether oxygens (including phenoxy) is 2. The Balaban J connectivity index is 1.38. The summed E-state index contributed by atoms with van der Waals surface area (Å²) < 4.78 is 12.6. The molecule has 174 valence electrons. The maximum atomic E-state index is 13.3. The second kappa shape index (κ2) is 9.18. The molecule has 0 saturated carbocycles. The van der Waals surface area contributed by atoms with Crippen molar-refractivity contribution in [2.24, 2.45) is 0 Å². The van der Waals surface area contributed by atoms with Crippen molar-refractivity contribution in [1.82, 2.24) is 24.6 Å². The number of hydrogen-bond acceptors (Lipinski definition) is 7. The monoisotopic (exact) mass is 478 g/mol. The van der Waals surface area contributed by atoms with E-state index in [-0.39, 0.29) is 5.91 Å². The van der Waals surface area contributed by atoms with Crippen molar-refractivity contribution < 1.29 is 14.3 Å². The summed E-state index contributed by atoms with van der Waals surface area (Å²) in [5, 5.41) is 5.99. The fraction of sp³-hybridized carbons (Fsp3) is 0.250. The Labute approximate surface area is 201 Å². The van der Waals surface area contributed by atoms with Crippen molar-refractivity contribution in [3.05, 3.63) is 65.6 Å². The van der Waals surface area contributed by atoms with Gasteiger partial charge in [0.25, 0.3) is 5.91 Å². The van der Waals surface area contributed by atoms with Gasteiger partial charge in [0.05, 0.1) is 31.5 Å². The average Bonchev–Trinajstić information content (AvgIpc) is 3.32. The van der Waals surface area contributed by atoms with Crippen LogP contribution in [0.25, 0.3) is 16.7 Å². The molecule has 0 atom stereocenters. The molecule has 10 heteroatoms. The molecule has 0 N–H and O–H groups in total. The third-order valence-corrected chi connectivity index (χ3v) is 6.14. The first kappa shape index (κ1) is 22.0. The number of piperazine rings is 1. The largest absolute Gasteiger partial charge is 0.496 e. The third kappa shape index (κ3) is 3.88. The lowest BCUT2D eigenvalue weighted by Crippen LogP contribution is -2.49. The SMILES string of the molecule is COc1cccc(OC)c1C(=O)N1CCN(c2ncnc3c2cnn3-c2cccc(Cl)c2)CC1. The highest BCUT2D eigenvalue weighted by molar-refractivity contribution is 6.30. The van der Waals surface area contributed by atoms with Gasteiger partial charge in [-0.15, -0.1) is 0 Å². The van der Waals surface area contributed by atoms with Crippen molar-refractivity contribution >= 4 is 34.4 Å². The highest BCUT2D eigenvalue weighted by Crippen LogP contribution is 2.31. The molecule has 1 saturated heterocycles. The molecule has 34 heavy (non-hydrogen) atoms. The molecular formula is C24H23ClN6O3. The molecule has 5 rings (SSSR count). The van der Waals surface area contributed by atoms with Gasteiger partial charge >= 0.3 is 0 Å². The quantitative estimate of drug-likeness (QED) is 0.434. The zero-order valence-electron chi connectivity index (χ0n) is 18.8. The molecule has 2 aromatic carbocycles. The summed E-state index contributed by atoms with van der Waals surface area (Å²) in [6.45, 7) is 2.32. The molecule has 1 aliphatic heterocycles. The van der Waals surface area contributed by atoms with E-state index in [4.69, 9.17) is 21.1 Å². The molecule has 1 aliphatic rings. The van der Waals surface area contributed by atoms with E-state index in [0.29, 0.717) is 53.9 Å². The maximum Gasteiger partial charge on any atom is 0.261 e. The minimum atomic E-state index is -0.115. The lowest BCUT2D eigenvalue weighted by molar-refractivity contribution is 0.0739. The molecule has 1 amide bonds. The van der Waals surface area contributed by atoms with Crippen LogP contribution >= 0.6 is 11.6 Å². The maximum absolute atomic E-state index is 13.3. The van der Waals surface area contributed by atoms with Crippen molar-refractivity contribution in [3.63, 3.8) is 0 Å². The number of benzene rings is 2. The van der Waals surface area contributed by atoms with Gasteiger partial charge in [0.15, 0.2) is 5.65 Å². The van der Waals surface area contributed by atoms with Crippen LogP contribution < -0.4 is 14.4 Å². The van der Waals surface area contributed by atoms with Gasteiger partial charge in [-0.05, 0) is 30.3 Å². The predicted octanol–water partition coefficient (Wildman–Crippen LogP) is 3.45. The van der Waals surface area contributed by atoms with E-state index in [1.165, 1.54) is 6.33 Å². The number of nitrogens with zero attached hydrogens (tertiary/aromatic N) is 6. The molecular weight excluding hydrogens is 456 g/mol. The van der Waals surface area contributed by atoms with Crippen molar-refractivity contribution in [1.29, 1.82) is 0 Å². The van der Waals surface area contributed by atoms with Gasteiger partial charge in [-0.2, -0.15) is 5.10 Å². The van der Waals surface area contributed by atoms with Crippen LogP contribution in [0.1, 0.15) is 10.4 Å². The van der Waals surface area contributed by atoms with Crippen LogP contribution in [0.4, 0.5) is 5.82 Å². The molecule has 3 heterocycles. The highest BCUT2D eigenvalue weighted by Gasteiger charge is 2.28. The first-order valence-corrected chi connectivity index (χ1v) is 11.2. The number of amides is 1. The Morgan fingerprint density at radius 2 is 1.68 bits per heavy atom. The smallest absolute Gasteiger partial charge is 0.261 e. The van der Waals surface area contributed by atoms with Gasteiger partial charge in [-0.1, -0.05) is 23.7 Å². The minimum Gasteiger partial charge on any atom is -0.496 e. The lowest BCUT2D eigenvalue weighted by atomic mass is 10.1. The third-order valence-electron chi connectivity index (χ3n) is 5.91. The molecule has 0 spiro atoms. The fourth-order valence-corrected chi connectivity index (χ4v) is 4.41. The number of rotatable bonds is 5. The number of carbonyl (C=O) groups is 1. The van der Waals surface area contributed by atoms with Gasteiger partial charge in [0, 0.05) is 31.2 Å². The molecule has 1 fully saturated rings. The predicted molar refractivity (Wildman–Crippen MR) is 129 cm³/mol. The number of anilines is 1. The Kier molecular flexibility index (Phi) is 5.93. The van der Waals surface area contributed by atoms with E-state index >= 15 is 0 Å². The second-order valence-corrected chi connectivity index (χ2v) is 8.22. The van der Waals surface area contributed by atoms with Gasteiger partial charge in [0.2, 0.25) is 0 Å². The summed E-state index contributed by atoms with van der Waals surface area (Å²) in [7, 11) is 3.10. The van der Waals surface area contributed by atoms with E-state index in [1.54, 1.807) is 43.3 Å². The molecule has 0 radical (unpaired) electrons. The van der Waals surface area contributed by atoms with Gasteiger partial charge < -0.3 is 19.3 Å². The van der Waals surface area contributed by atoms with Crippen LogP contribution in [0.3, 0.4) is 0 Å². The van der Waals surface area contributed by atoms with E-state index < -0.39 is 0 Å². The first-order chi connectivity index (χ1) is 16.6. The molecule has 4 aromatic rings. The summed E-state index contributed by atoms with van der Waals surface area (Å²) >= 11 is 6.16. The molecule has 0 aliphatic carbocycles. The minimum absolute atomic E-state index is 0.115. The Bertz CT molecular complexity index is 1330. The number of methoxy groups -OCH3 is 2.